The van der Waals surface area contributed by atoms with Crippen LogP contribution in [0.15, 0.2) is 29.2 Å². The Hall–Kier alpha value is -0.950. The van der Waals surface area contributed by atoms with Gasteiger partial charge in [0.15, 0.2) is 6.10 Å². The number of rotatable bonds is 5. The van der Waals surface area contributed by atoms with Crippen molar-refractivity contribution in [3.05, 3.63) is 29.8 Å². The Morgan fingerprint density at radius 1 is 1.41 bits per heavy atom. The monoisotopic (exact) mass is 278 g/mol. The molecule has 1 aromatic rings. The van der Waals surface area contributed by atoms with E-state index in [9.17, 15) is 13.2 Å². The second kappa shape index (κ2) is 5.59. The molecule has 0 saturated heterocycles. The lowest BCUT2D eigenvalue weighted by molar-refractivity contribution is -0.120. The number of halogens is 1. The maximum absolute atomic E-state index is 11.6. The molecule has 5 nitrogen and oxygen atoms in total. The third kappa shape index (κ3) is 4.08. The lowest BCUT2D eigenvalue weighted by Crippen LogP contribution is -2.24. The second-order valence-electron chi connectivity index (χ2n) is 3.37. The molecule has 0 aliphatic carbocycles. The summed E-state index contributed by atoms with van der Waals surface area (Å²) in [5.41, 5.74) is 0.903. The molecule has 0 aliphatic rings. The fourth-order valence-corrected chi connectivity index (χ4v) is 1.97. The Balaban J connectivity index is 2.76. The smallest absolute Gasteiger partial charge is 0.297 e. The van der Waals surface area contributed by atoms with E-state index < -0.39 is 28.1 Å². The third-order valence-electron chi connectivity index (χ3n) is 1.95. The molecule has 0 heterocycles. The van der Waals surface area contributed by atoms with Crippen molar-refractivity contribution in [2.45, 2.75) is 17.9 Å². The molecule has 1 aromatic carbocycles. The van der Waals surface area contributed by atoms with E-state index in [1.165, 1.54) is 12.1 Å². The fourth-order valence-electron chi connectivity index (χ4n) is 0.993. The van der Waals surface area contributed by atoms with Crippen LogP contribution in [-0.2, 0) is 19.1 Å². The molecule has 0 saturated carbocycles. The molecule has 0 amide bonds. The number of aliphatic hydroxyl groups is 1. The summed E-state index contributed by atoms with van der Waals surface area (Å²) in [5.74, 6) is 0. The third-order valence-corrected chi connectivity index (χ3v) is 3.50. The first-order valence-electron chi connectivity index (χ1n) is 4.66. The second-order valence-corrected chi connectivity index (χ2v) is 5.36. The van der Waals surface area contributed by atoms with E-state index in [1.807, 2.05) is 6.92 Å². The molecule has 0 aliphatic heterocycles. The van der Waals surface area contributed by atoms with Gasteiger partial charge < -0.3 is 5.11 Å². The van der Waals surface area contributed by atoms with Crippen LogP contribution in [0.2, 0.25) is 0 Å². The Kier molecular flexibility index (Phi) is 4.64. The summed E-state index contributed by atoms with van der Waals surface area (Å²) in [7, 11) is -3.98. The zero-order chi connectivity index (χ0) is 13.1. The van der Waals surface area contributed by atoms with E-state index in [4.69, 9.17) is 16.7 Å². The van der Waals surface area contributed by atoms with Gasteiger partial charge in [0.2, 0.25) is 0 Å². The first kappa shape index (κ1) is 14.1. The van der Waals surface area contributed by atoms with E-state index >= 15 is 0 Å². The van der Waals surface area contributed by atoms with Crippen LogP contribution in [0, 0.1) is 6.92 Å². The summed E-state index contributed by atoms with van der Waals surface area (Å²) in [6.45, 7) is 1.12. The highest BCUT2D eigenvalue weighted by molar-refractivity contribution is 7.86. The van der Waals surface area contributed by atoms with E-state index in [-0.39, 0.29) is 4.90 Å². The topological polar surface area (TPSA) is 80.7 Å². The zero-order valence-electron chi connectivity index (χ0n) is 8.96. The maximum atomic E-state index is 11.6. The largest absolute Gasteiger partial charge is 0.381 e. The minimum absolute atomic E-state index is 0.0441. The molecule has 1 unspecified atom stereocenters. The van der Waals surface area contributed by atoms with Gasteiger partial charge >= 0.3 is 0 Å². The Labute approximate surface area is 104 Å². The minimum atomic E-state index is -3.98. The molecule has 1 rings (SSSR count). The molecule has 0 spiro atoms. The number of carbonyl (C=O) groups is 1. The van der Waals surface area contributed by atoms with Crippen LogP contribution in [0.4, 0.5) is 0 Å². The van der Waals surface area contributed by atoms with Crippen molar-refractivity contribution in [1.29, 1.82) is 0 Å². The van der Waals surface area contributed by atoms with E-state index in [0.717, 1.165) is 5.56 Å². The number of aryl methyl sites for hydroxylation is 1. The fraction of sp³-hybridized carbons (Fsp3) is 0.300. The maximum Gasteiger partial charge on any atom is 0.297 e. The molecule has 0 fully saturated rings. The lowest BCUT2D eigenvalue weighted by Gasteiger charge is -2.07. The van der Waals surface area contributed by atoms with Crippen molar-refractivity contribution < 1.29 is 22.5 Å². The number of hydrogen-bond acceptors (Lipinski definition) is 5. The summed E-state index contributed by atoms with van der Waals surface area (Å²) in [6.07, 6.45) is -1.66. The molecular formula is C10H11ClO5S. The summed E-state index contributed by atoms with van der Waals surface area (Å²) < 4.78 is 27.7. The Bertz CT molecular complexity index is 494. The summed E-state index contributed by atoms with van der Waals surface area (Å²) >= 11 is 4.96. The van der Waals surface area contributed by atoms with Crippen LogP contribution in [0.5, 0.6) is 0 Å². The van der Waals surface area contributed by atoms with Crippen molar-refractivity contribution in [2.24, 2.45) is 0 Å². The standard InChI is InChI=1S/C10H11ClO5S/c1-7-2-4-8(5-3-7)17(14,15)16-6-9(12)10(11)13/h2-5,9,12H,6H2,1H3. The Morgan fingerprint density at radius 2 is 1.94 bits per heavy atom. The van der Waals surface area contributed by atoms with Crippen LogP contribution in [0.1, 0.15) is 5.56 Å². The highest BCUT2D eigenvalue weighted by Gasteiger charge is 2.20. The van der Waals surface area contributed by atoms with Crippen molar-refractivity contribution in [1.82, 2.24) is 0 Å². The van der Waals surface area contributed by atoms with Gasteiger partial charge in [0.1, 0.15) is 6.61 Å². The van der Waals surface area contributed by atoms with Crippen LogP contribution in [0.25, 0.3) is 0 Å². The van der Waals surface area contributed by atoms with Crippen LogP contribution >= 0.6 is 11.6 Å². The normalized spacial score (nSPS) is 13.4. The van der Waals surface area contributed by atoms with Gasteiger partial charge in [0, 0.05) is 0 Å². The van der Waals surface area contributed by atoms with Gasteiger partial charge in [-0.05, 0) is 30.7 Å². The summed E-state index contributed by atoms with van der Waals surface area (Å²) in [4.78, 5) is 10.4. The van der Waals surface area contributed by atoms with Crippen molar-refractivity contribution in [2.75, 3.05) is 6.61 Å². The molecule has 1 atom stereocenters. The summed E-state index contributed by atoms with van der Waals surface area (Å²) in [6, 6.07) is 5.97. The van der Waals surface area contributed by atoms with Crippen LogP contribution < -0.4 is 0 Å². The SMILES string of the molecule is Cc1ccc(S(=O)(=O)OCC(O)C(=O)Cl)cc1. The predicted octanol–water partition coefficient (Wildman–Crippen LogP) is 0.827. The van der Waals surface area contributed by atoms with E-state index in [1.54, 1.807) is 12.1 Å². The molecule has 0 bridgehead atoms. The molecule has 17 heavy (non-hydrogen) atoms. The molecule has 7 heteroatoms. The van der Waals surface area contributed by atoms with Gasteiger partial charge in [-0.2, -0.15) is 8.42 Å². The van der Waals surface area contributed by atoms with Gasteiger partial charge in [-0.25, -0.2) is 0 Å². The van der Waals surface area contributed by atoms with Gasteiger partial charge in [-0.3, -0.25) is 8.98 Å². The number of carbonyl (C=O) groups excluding carboxylic acids is 1. The molecule has 1 N–H and O–H groups in total. The van der Waals surface area contributed by atoms with Crippen molar-refractivity contribution in [3.63, 3.8) is 0 Å². The van der Waals surface area contributed by atoms with E-state index in [0.29, 0.717) is 0 Å². The highest BCUT2D eigenvalue weighted by Crippen LogP contribution is 2.13. The predicted molar refractivity (Wildman–Crippen MR) is 61.2 cm³/mol. The number of benzene rings is 1. The molecule has 94 valence electrons. The van der Waals surface area contributed by atoms with Crippen LogP contribution in [0.3, 0.4) is 0 Å². The van der Waals surface area contributed by atoms with Crippen molar-refractivity contribution in [3.8, 4) is 0 Å². The first-order valence-corrected chi connectivity index (χ1v) is 6.45. The summed E-state index contributed by atoms with van der Waals surface area (Å²) in [5, 5.41) is 7.94. The number of hydrogen-bond donors (Lipinski definition) is 1. The van der Waals surface area contributed by atoms with Gasteiger partial charge in [0.05, 0.1) is 4.90 Å². The number of aliphatic hydroxyl groups excluding tert-OH is 1. The average molecular weight is 279 g/mol. The van der Waals surface area contributed by atoms with Gasteiger partial charge in [-0.15, -0.1) is 0 Å². The van der Waals surface area contributed by atoms with Gasteiger partial charge in [0.25, 0.3) is 15.4 Å². The zero-order valence-corrected chi connectivity index (χ0v) is 10.5. The minimum Gasteiger partial charge on any atom is -0.381 e. The quantitative estimate of drug-likeness (QED) is 0.637. The molecular weight excluding hydrogens is 268 g/mol. The van der Waals surface area contributed by atoms with Gasteiger partial charge in [-0.1, -0.05) is 17.7 Å². The first-order chi connectivity index (χ1) is 7.83. The molecule has 0 radical (unpaired) electrons. The average Bonchev–Trinajstić information content (AvgIpc) is 2.26. The Morgan fingerprint density at radius 3 is 2.41 bits per heavy atom. The molecule has 0 aromatic heterocycles. The lowest BCUT2D eigenvalue weighted by atomic mass is 10.2. The van der Waals surface area contributed by atoms with Crippen LogP contribution in [-0.4, -0.2) is 31.5 Å². The van der Waals surface area contributed by atoms with Crippen molar-refractivity contribution >= 4 is 27.0 Å². The highest BCUT2D eigenvalue weighted by atomic mass is 35.5. The van der Waals surface area contributed by atoms with E-state index in [2.05, 4.69) is 4.18 Å².